The summed E-state index contributed by atoms with van der Waals surface area (Å²) in [4.78, 5) is 0. The first-order chi connectivity index (χ1) is 9.61. The molecular weight excluding hydrogens is 263 g/mol. The highest BCUT2D eigenvalue weighted by Crippen LogP contribution is 2.38. The van der Waals surface area contributed by atoms with Crippen LogP contribution in [0.25, 0.3) is 11.1 Å². The molecule has 0 saturated heterocycles. The highest BCUT2D eigenvalue weighted by atomic mass is 19.2. The molecule has 1 atom stereocenters. The molecule has 2 aromatic carbocycles. The summed E-state index contributed by atoms with van der Waals surface area (Å²) in [6, 6.07) is 8.08. The van der Waals surface area contributed by atoms with Gasteiger partial charge in [-0.15, -0.1) is 0 Å². The summed E-state index contributed by atoms with van der Waals surface area (Å²) < 4.78 is 39.8. The van der Waals surface area contributed by atoms with Crippen molar-refractivity contribution in [2.24, 2.45) is 0 Å². The second-order valence-corrected chi connectivity index (χ2v) is 5.01. The van der Waals surface area contributed by atoms with E-state index in [9.17, 15) is 13.2 Å². The van der Waals surface area contributed by atoms with Crippen LogP contribution in [0.3, 0.4) is 0 Å². The Hall–Kier alpha value is -1.81. The molecule has 0 amide bonds. The Labute approximate surface area is 115 Å². The fourth-order valence-corrected chi connectivity index (χ4v) is 2.94. The number of hydrogen-bond acceptors (Lipinski definition) is 1. The molecule has 0 saturated carbocycles. The van der Waals surface area contributed by atoms with Crippen molar-refractivity contribution >= 4 is 0 Å². The Bertz CT molecular complexity index is 644. The van der Waals surface area contributed by atoms with Crippen LogP contribution in [0.5, 0.6) is 0 Å². The van der Waals surface area contributed by atoms with E-state index in [1.165, 1.54) is 0 Å². The van der Waals surface area contributed by atoms with Crippen molar-refractivity contribution in [3.05, 3.63) is 58.9 Å². The maximum absolute atomic E-state index is 13.4. The zero-order chi connectivity index (χ0) is 14.3. The van der Waals surface area contributed by atoms with E-state index in [-0.39, 0.29) is 6.04 Å². The van der Waals surface area contributed by atoms with Crippen LogP contribution in [0, 0.1) is 17.5 Å². The molecule has 0 aromatic heterocycles. The molecule has 104 valence electrons. The minimum absolute atomic E-state index is 0.264. The van der Waals surface area contributed by atoms with Gasteiger partial charge in [-0.3, -0.25) is 0 Å². The molecule has 0 aliphatic heterocycles. The van der Waals surface area contributed by atoms with Gasteiger partial charge in [0.2, 0.25) is 0 Å². The number of halogens is 3. The largest absolute Gasteiger partial charge is 0.313 e. The molecule has 1 aliphatic rings. The molecular formula is C16H14F3N. The average molecular weight is 277 g/mol. The van der Waals surface area contributed by atoms with Crippen LogP contribution in [0.4, 0.5) is 13.2 Å². The Morgan fingerprint density at radius 2 is 1.80 bits per heavy atom. The second-order valence-electron chi connectivity index (χ2n) is 5.01. The van der Waals surface area contributed by atoms with Crippen molar-refractivity contribution in [3.8, 4) is 11.1 Å². The van der Waals surface area contributed by atoms with Gasteiger partial charge < -0.3 is 5.32 Å². The van der Waals surface area contributed by atoms with Gasteiger partial charge in [-0.05, 0) is 54.3 Å². The van der Waals surface area contributed by atoms with Crippen molar-refractivity contribution in [3.63, 3.8) is 0 Å². The summed E-state index contributed by atoms with van der Waals surface area (Å²) in [6.07, 6.45) is 1.80. The summed E-state index contributed by atoms with van der Waals surface area (Å²) >= 11 is 0. The molecule has 0 heterocycles. The van der Waals surface area contributed by atoms with Crippen molar-refractivity contribution in [2.45, 2.75) is 18.9 Å². The number of nitrogens with one attached hydrogen (secondary N) is 1. The molecule has 20 heavy (non-hydrogen) atoms. The van der Waals surface area contributed by atoms with E-state index in [1.807, 2.05) is 25.2 Å². The van der Waals surface area contributed by atoms with Crippen molar-refractivity contribution in [1.82, 2.24) is 5.32 Å². The van der Waals surface area contributed by atoms with Gasteiger partial charge in [-0.1, -0.05) is 18.2 Å². The fraction of sp³-hybridized carbons (Fsp3) is 0.250. The van der Waals surface area contributed by atoms with Crippen molar-refractivity contribution in [2.75, 3.05) is 7.05 Å². The van der Waals surface area contributed by atoms with Gasteiger partial charge in [0, 0.05) is 6.04 Å². The molecule has 1 unspecified atom stereocenters. The number of hydrogen-bond donors (Lipinski definition) is 1. The van der Waals surface area contributed by atoms with Gasteiger partial charge in [-0.2, -0.15) is 0 Å². The van der Waals surface area contributed by atoms with E-state index in [4.69, 9.17) is 0 Å². The first kappa shape index (κ1) is 13.2. The van der Waals surface area contributed by atoms with Gasteiger partial charge in [0.25, 0.3) is 0 Å². The summed E-state index contributed by atoms with van der Waals surface area (Å²) in [5.74, 6) is -3.73. The average Bonchev–Trinajstić information content (AvgIpc) is 2.87. The molecule has 4 heteroatoms. The smallest absolute Gasteiger partial charge is 0.194 e. The van der Waals surface area contributed by atoms with Crippen LogP contribution in [0.15, 0.2) is 30.3 Å². The highest BCUT2D eigenvalue weighted by molar-refractivity contribution is 5.70. The second kappa shape index (κ2) is 4.94. The molecule has 0 radical (unpaired) electrons. The van der Waals surface area contributed by atoms with Crippen LogP contribution in [0.1, 0.15) is 23.6 Å². The molecule has 1 N–H and O–H groups in total. The lowest BCUT2D eigenvalue weighted by atomic mass is 9.96. The SMILES string of the molecule is CNC1CCc2c(-c3cc(F)c(F)c(F)c3)cccc21. The third-order valence-corrected chi connectivity index (χ3v) is 3.91. The normalized spacial score (nSPS) is 17.3. The quantitative estimate of drug-likeness (QED) is 0.819. The number of rotatable bonds is 2. The van der Waals surface area contributed by atoms with Crippen LogP contribution in [-0.4, -0.2) is 7.05 Å². The fourth-order valence-electron chi connectivity index (χ4n) is 2.94. The van der Waals surface area contributed by atoms with Crippen molar-refractivity contribution in [1.29, 1.82) is 0 Å². The van der Waals surface area contributed by atoms with E-state index in [2.05, 4.69) is 5.32 Å². The lowest BCUT2D eigenvalue weighted by Gasteiger charge is -2.12. The van der Waals surface area contributed by atoms with Crippen LogP contribution < -0.4 is 5.32 Å². The summed E-state index contributed by atoms with van der Waals surface area (Å²) in [6.45, 7) is 0. The van der Waals surface area contributed by atoms with Gasteiger partial charge in [-0.25, -0.2) is 13.2 Å². The van der Waals surface area contributed by atoms with E-state index < -0.39 is 17.5 Å². The molecule has 0 fully saturated rings. The van der Waals surface area contributed by atoms with E-state index in [1.54, 1.807) is 0 Å². The predicted octanol–water partition coefficient (Wildman–Crippen LogP) is 3.98. The van der Waals surface area contributed by atoms with Crippen LogP contribution >= 0.6 is 0 Å². The number of fused-ring (bicyclic) bond motifs is 1. The zero-order valence-electron chi connectivity index (χ0n) is 11.0. The summed E-state index contributed by atoms with van der Waals surface area (Å²) in [7, 11) is 1.89. The van der Waals surface area contributed by atoms with Gasteiger partial charge in [0.05, 0.1) is 0 Å². The minimum atomic E-state index is -1.42. The standard InChI is InChI=1S/C16H14F3N/c1-20-15-6-5-11-10(3-2-4-12(11)15)9-7-13(17)16(19)14(18)8-9/h2-4,7-8,15,20H,5-6H2,1H3. The highest BCUT2D eigenvalue weighted by Gasteiger charge is 2.24. The molecule has 1 aliphatic carbocycles. The van der Waals surface area contributed by atoms with Gasteiger partial charge in [0.15, 0.2) is 17.5 Å². The molecule has 2 aromatic rings. The maximum atomic E-state index is 13.4. The number of benzene rings is 2. The molecule has 0 spiro atoms. The van der Waals surface area contributed by atoms with Gasteiger partial charge >= 0.3 is 0 Å². The minimum Gasteiger partial charge on any atom is -0.313 e. The van der Waals surface area contributed by atoms with E-state index in [0.717, 1.165) is 41.7 Å². The van der Waals surface area contributed by atoms with Crippen molar-refractivity contribution < 1.29 is 13.2 Å². The van der Waals surface area contributed by atoms with E-state index in [0.29, 0.717) is 5.56 Å². The summed E-state index contributed by atoms with van der Waals surface area (Å²) in [5.41, 5.74) is 3.39. The van der Waals surface area contributed by atoms with E-state index >= 15 is 0 Å². The molecule has 1 nitrogen and oxygen atoms in total. The predicted molar refractivity (Wildman–Crippen MR) is 71.9 cm³/mol. The lowest BCUT2D eigenvalue weighted by molar-refractivity contribution is 0.447. The monoisotopic (exact) mass is 277 g/mol. The Morgan fingerprint density at radius 3 is 2.45 bits per heavy atom. The zero-order valence-corrected chi connectivity index (χ0v) is 11.0. The third-order valence-electron chi connectivity index (χ3n) is 3.91. The Balaban J connectivity index is 2.15. The lowest BCUT2D eigenvalue weighted by Crippen LogP contribution is -2.12. The first-order valence-corrected chi connectivity index (χ1v) is 6.55. The third kappa shape index (κ3) is 2.00. The topological polar surface area (TPSA) is 12.0 Å². The maximum Gasteiger partial charge on any atom is 0.194 e. The van der Waals surface area contributed by atoms with Crippen LogP contribution in [0.2, 0.25) is 0 Å². The Morgan fingerprint density at radius 1 is 1.10 bits per heavy atom. The Kier molecular flexibility index (Phi) is 3.26. The first-order valence-electron chi connectivity index (χ1n) is 6.55. The molecule has 0 bridgehead atoms. The molecule has 3 rings (SSSR count). The van der Waals surface area contributed by atoms with Crippen LogP contribution in [-0.2, 0) is 6.42 Å². The van der Waals surface area contributed by atoms with Gasteiger partial charge in [0.1, 0.15) is 0 Å². The summed E-state index contributed by atoms with van der Waals surface area (Å²) in [5, 5.41) is 3.22.